The van der Waals surface area contributed by atoms with Crippen LogP contribution in [-0.2, 0) is 4.79 Å². The number of hydrogen-bond acceptors (Lipinski definition) is 4. The van der Waals surface area contributed by atoms with Crippen molar-refractivity contribution in [3.63, 3.8) is 0 Å². The fourth-order valence-electron chi connectivity index (χ4n) is 4.98. The van der Waals surface area contributed by atoms with Crippen LogP contribution in [0.1, 0.15) is 36.0 Å². The number of carbonyl (C=O) groups excluding carboxylic acids is 1. The molecular formula is C23H27N3O3. The second-order valence-corrected chi connectivity index (χ2v) is 8.56. The van der Waals surface area contributed by atoms with Crippen LogP contribution in [0, 0.1) is 5.92 Å². The molecule has 1 saturated heterocycles. The van der Waals surface area contributed by atoms with E-state index in [2.05, 4.69) is 23.1 Å². The minimum Gasteiger partial charge on any atom is -0.480 e. The highest BCUT2D eigenvalue weighted by Crippen LogP contribution is 2.43. The Kier molecular flexibility index (Phi) is 4.66. The summed E-state index contributed by atoms with van der Waals surface area (Å²) in [5.41, 5.74) is 3.03. The Morgan fingerprint density at radius 3 is 2.59 bits per heavy atom. The Morgan fingerprint density at radius 2 is 1.83 bits per heavy atom. The number of rotatable bonds is 5. The van der Waals surface area contributed by atoms with Crippen molar-refractivity contribution in [1.29, 1.82) is 0 Å². The van der Waals surface area contributed by atoms with E-state index >= 15 is 0 Å². The number of benzene rings is 2. The average Bonchev–Trinajstić information content (AvgIpc) is 2.81. The van der Waals surface area contributed by atoms with Crippen molar-refractivity contribution in [2.45, 2.75) is 25.7 Å². The van der Waals surface area contributed by atoms with E-state index in [1.807, 2.05) is 21.9 Å². The highest BCUT2D eigenvalue weighted by atomic mass is 16.4. The van der Waals surface area contributed by atoms with E-state index in [0.717, 1.165) is 66.9 Å². The lowest BCUT2D eigenvalue weighted by molar-refractivity contribution is -0.138. The number of carboxylic acids is 1. The smallest absolute Gasteiger partial charge is 0.317 e. The summed E-state index contributed by atoms with van der Waals surface area (Å²) in [4.78, 5) is 30.5. The predicted octanol–water partition coefficient (Wildman–Crippen LogP) is 3.20. The summed E-state index contributed by atoms with van der Waals surface area (Å²) in [5.74, 6) is 0.000756. The zero-order valence-electron chi connectivity index (χ0n) is 16.6. The lowest BCUT2D eigenvalue weighted by Crippen LogP contribution is -2.34. The van der Waals surface area contributed by atoms with Gasteiger partial charge in [0.15, 0.2) is 0 Å². The number of anilines is 2. The predicted molar refractivity (Wildman–Crippen MR) is 114 cm³/mol. The summed E-state index contributed by atoms with van der Waals surface area (Å²) in [5, 5.41) is 11.3. The molecule has 3 aliphatic rings. The molecule has 29 heavy (non-hydrogen) atoms. The van der Waals surface area contributed by atoms with Gasteiger partial charge in [-0.2, -0.15) is 0 Å². The molecule has 1 N–H and O–H groups in total. The molecule has 0 spiro atoms. The van der Waals surface area contributed by atoms with Gasteiger partial charge in [-0.05, 0) is 43.4 Å². The normalized spacial score (nSPS) is 20.2. The molecule has 0 radical (unpaired) electrons. The first-order chi connectivity index (χ1) is 14.1. The van der Waals surface area contributed by atoms with E-state index in [9.17, 15) is 9.59 Å². The number of aliphatic carboxylic acids is 1. The highest BCUT2D eigenvalue weighted by molar-refractivity contribution is 6.26. The molecule has 2 fully saturated rings. The van der Waals surface area contributed by atoms with E-state index < -0.39 is 5.97 Å². The molecule has 1 saturated carbocycles. The van der Waals surface area contributed by atoms with Gasteiger partial charge in [-0.25, -0.2) is 0 Å². The largest absolute Gasteiger partial charge is 0.480 e. The van der Waals surface area contributed by atoms with Gasteiger partial charge in [0.2, 0.25) is 0 Å². The molecule has 2 aromatic rings. The molecule has 2 aliphatic heterocycles. The Balaban J connectivity index is 1.46. The second kappa shape index (κ2) is 7.34. The maximum atomic E-state index is 13.1. The number of carboxylic acid groups (broad SMARTS) is 1. The average molecular weight is 393 g/mol. The van der Waals surface area contributed by atoms with Crippen LogP contribution in [0.15, 0.2) is 30.3 Å². The molecule has 6 heteroatoms. The lowest BCUT2D eigenvalue weighted by atomic mass is 9.85. The van der Waals surface area contributed by atoms with E-state index in [4.69, 9.17) is 5.11 Å². The fraction of sp³-hybridized carbons (Fsp3) is 0.478. The van der Waals surface area contributed by atoms with Gasteiger partial charge in [0.25, 0.3) is 5.91 Å². The van der Waals surface area contributed by atoms with Crippen molar-refractivity contribution in [3.05, 3.63) is 35.9 Å². The van der Waals surface area contributed by atoms with Crippen molar-refractivity contribution in [1.82, 2.24) is 4.90 Å². The van der Waals surface area contributed by atoms with Gasteiger partial charge in [-0.1, -0.05) is 18.6 Å². The Labute approximate surface area is 170 Å². The summed E-state index contributed by atoms with van der Waals surface area (Å²) in [7, 11) is 0. The molecule has 2 aromatic carbocycles. The van der Waals surface area contributed by atoms with Gasteiger partial charge in [0, 0.05) is 54.7 Å². The van der Waals surface area contributed by atoms with Crippen molar-refractivity contribution in [2.24, 2.45) is 5.92 Å². The molecule has 0 bridgehead atoms. The van der Waals surface area contributed by atoms with Crippen molar-refractivity contribution < 1.29 is 14.7 Å². The molecule has 2 heterocycles. The topological polar surface area (TPSA) is 64.1 Å². The molecule has 0 unspecified atom stereocenters. The van der Waals surface area contributed by atoms with Crippen LogP contribution >= 0.6 is 0 Å². The monoisotopic (exact) mass is 393 g/mol. The minimum absolute atomic E-state index is 0.0995. The van der Waals surface area contributed by atoms with E-state index in [1.165, 1.54) is 19.3 Å². The zero-order valence-corrected chi connectivity index (χ0v) is 16.6. The van der Waals surface area contributed by atoms with Crippen LogP contribution in [-0.4, -0.2) is 61.2 Å². The molecular weight excluding hydrogens is 366 g/mol. The maximum absolute atomic E-state index is 13.1. The third-order valence-electron chi connectivity index (χ3n) is 6.72. The summed E-state index contributed by atoms with van der Waals surface area (Å²) in [6, 6.07) is 10.3. The number of amides is 1. The number of nitrogens with zero attached hydrogens (tertiary/aromatic N) is 3. The third kappa shape index (κ3) is 3.25. The molecule has 0 atom stereocenters. The van der Waals surface area contributed by atoms with Crippen molar-refractivity contribution >= 4 is 34.0 Å². The summed E-state index contributed by atoms with van der Waals surface area (Å²) >= 11 is 0. The van der Waals surface area contributed by atoms with Gasteiger partial charge in [0.05, 0.1) is 12.2 Å². The van der Waals surface area contributed by atoms with Gasteiger partial charge in [0.1, 0.15) is 0 Å². The molecule has 5 rings (SSSR count). The Hall–Kier alpha value is -2.60. The molecule has 1 amide bonds. The van der Waals surface area contributed by atoms with Crippen LogP contribution in [0.5, 0.6) is 0 Å². The molecule has 6 nitrogen and oxygen atoms in total. The van der Waals surface area contributed by atoms with Crippen LogP contribution < -0.4 is 9.80 Å². The quantitative estimate of drug-likeness (QED) is 0.845. The summed E-state index contributed by atoms with van der Waals surface area (Å²) in [6.45, 7) is 4.16. The van der Waals surface area contributed by atoms with Crippen molar-refractivity contribution in [2.75, 3.05) is 49.1 Å². The Bertz CT molecular complexity index is 969. The van der Waals surface area contributed by atoms with Gasteiger partial charge >= 0.3 is 5.97 Å². The second-order valence-electron chi connectivity index (χ2n) is 8.56. The van der Waals surface area contributed by atoms with Gasteiger partial charge in [-0.15, -0.1) is 0 Å². The van der Waals surface area contributed by atoms with E-state index in [1.54, 1.807) is 0 Å². The Morgan fingerprint density at radius 1 is 1.00 bits per heavy atom. The first-order valence-electron chi connectivity index (χ1n) is 10.7. The zero-order chi connectivity index (χ0) is 20.0. The van der Waals surface area contributed by atoms with Crippen LogP contribution in [0.4, 0.5) is 11.4 Å². The van der Waals surface area contributed by atoms with E-state index in [0.29, 0.717) is 5.92 Å². The first kappa shape index (κ1) is 18.4. The number of carbonyl (C=O) groups is 2. The van der Waals surface area contributed by atoms with Crippen LogP contribution in [0.25, 0.3) is 10.8 Å². The molecule has 1 aliphatic carbocycles. The molecule has 0 aromatic heterocycles. The fourth-order valence-corrected chi connectivity index (χ4v) is 4.98. The summed E-state index contributed by atoms with van der Waals surface area (Å²) in [6.07, 6.45) is 4.66. The maximum Gasteiger partial charge on any atom is 0.317 e. The lowest BCUT2D eigenvalue weighted by Gasteiger charge is -2.31. The van der Waals surface area contributed by atoms with Crippen LogP contribution in [0.3, 0.4) is 0 Å². The third-order valence-corrected chi connectivity index (χ3v) is 6.72. The highest BCUT2D eigenvalue weighted by Gasteiger charge is 2.33. The number of hydrogen-bond donors (Lipinski definition) is 1. The standard InChI is InChI=1S/C23H27N3O3/c27-21(28)15-24-10-3-11-25(13-12-24)19-8-9-20-22-17(19)6-2-7-18(22)23(29)26(20)14-16-4-1-5-16/h2,6-9,16H,1,3-5,10-15H2,(H,27,28). The van der Waals surface area contributed by atoms with Gasteiger partial charge in [-0.3, -0.25) is 14.5 Å². The molecule has 152 valence electrons. The first-order valence-corrected chi connectivity index (χ1v) is 10.7. The van der Waals surface area contributed by atoms with E-state index in [-0.39, 0.29) is 12.5 Å². The van der Waals surface area contributed by atoms with Crippen LogP contribution in [0.2, 0.25) is 0 Å². The SMILES string of the molecule is O=C(O)CN1CCCN(c2ccc3c4c(cccc24)C(=O)N3CC2CCC2)CC1. The minimum atomic E-state index is -0.770. The van der Waals surface area contributed by atoms with Gasteiger partial charge < -0.3 is 14.9 Å². The van der Waals surface area contributed by atoms with Crippen molar-refractivity contribution in [3.8, 4) is 0 Å². The summed E-state index contributed by atoms with van der Waals surface area (Å²) < 4.78 is 0.